The van der Waals surface area contributed by atoms with Crippen molar-refractivity contribution in [1.82, 2.24) is 19.9 Å². The van der Waals surface area contributed by atoms with Crippen molar-refractivity contribution in [1.29, 1.82) is 0 Å². The number of carbonyl (C=O) groups is 2. The van der Waals surface area contributed by atoms with Crippen molar-refractivity contribution in [2.24, 2.45) is 11.8 Å². The van der Waals surface area contributed by atoms with Gasteiger partial charge in [-0.25, -0.2) is 0 Å². The minimum Gasteiger partial charge on any atom is -0.361 e. The third-order valence-corrected chi connectivity index (χ3v) is 7.74. The van der Waals surface area contributed by atoms with E-state index in [0.717, 1.165) is 50.4 Å². The van der Waals surface area contributed by atoms with Gasteiger partial charge in [0.2, 0.25) is 11.8 Å². The lowest BCUT2D eigenvalue weighted by Gasteiger charge is -2.56. The third-order valence-electron chi connectivity index (χ3n) is 7.74. The number of rotatable bonds is 4. The van der Waals surface area contributed by atoms with Crippen LogP contribution in [0.5, 0.6) is 0 Å². The van der Waals surface area contributed by atoms with E-state index >= 15 is 0 Å². The number of aromatic nitrogens is 1. The molecule has 0 spiro atoms. The van der Waals surface area contributed by atoms with Crippen molar-refractivity contribution in [2.75, 3.05) is 26.2 Å². The molecule has 30 heavy (non-hydrogen) atoms. The quantitative estimate of drug-likeness (QED) is 0.712. The van der Waals surface area contributed by atoms with Crippen LogP contribution in [0.15, 0.2) is 22.7 Å². The molecule has 4 fully saturated rings. The summed E-state index contributed by atoms with van der Waals surface area (Å²) in [5.74, 6) is 2.58. The largest absolute Gasteiger partial charge is 0.361 e. The summed E-state index contributed by atoms with van der Waals surface area (Å²) in [5, 5.41) is 4.31. The maximum absolute atomic E-state index is 13.5. The topological polar surface area (TPSA) is 69.9 Å². The van der Waals surface area contributed by atoms with Crippen LogP contribution in [0.2, 0.25) is 0 Å². The highest BCUT2D eigenvalue weighted by Crippen LogP contribution is 2.43. The standard InChI is InChI=1S/C23H30N4O3/c28-21-5-3-4-19-16-10-17(22(27(19)21)23(29)26-8-1-2-9-26)13-25(12-16)14-18-11-20(30-24-18)15-6-7-15/h1-2,11,15-17,19,22H,3-10,12-14H2/t16-,17+,19-,22+/m0/s1. The first-order chi connectivity index (χ1) is 14.7. The molecule has 0 radical (unpaired) electrons. The molecule has 0 N–H and O–H groups in total. The Morgan fingerprint density at radius 3 is 2.73 bits per heavy atom. The van der Waals surface area contributed by atoms with Crippen LogP contribution in [0.4, 0.5) is 0 Å². The number of piperidine rings is 3. The van der Waals surface area contributed by atoms with Gasteiger partial charge < -0.3 is 14.3 Å². The zero-order chi connectivity index (χ0) is 20.2. The number of fused-ring (bicyclic) bond motifs is 4. The predicted octanol–water partition coefficient (Wildman–Crippen LogP) is 2.15. The molecule has 4 aliphatic heterocycles. The van der Waals surface area contributed by atoms with E-state index in [0.29, 0.717) is 31.3 Å². The highest BCUT2D eigenvalue weighted by Gasteiger charge is 2.52. The predicted molar refractivity (Wildman–Crippen MR) is 109 cm³/mol. The third kappa shape index (κ3) is 3.18. The van der Waals surface area contributed by atoms with Gasteiger partial charge >= 0.3 is 0 Å². The summed E-state index contributed by atoms with van der Waals surface area (Å²) in [6, 6.07) is 2.02. The molecule has 0 unspecified atom stereocenters. The minimum atomic E-state index is -0.305. The summed E-state index contributed by atoms with van der Waals surface area (Å²) < 4.78 is 5.55. The summed E-state index contributed by atoms with van der Waals surface area (Å²) >= 11 is 0. The summed E-state index contributed by atoms with van der Waals surface area (Å²) in [7, 11) is 0. The molecule has 3 saturated heterocycles. The lowest BCUT2D eigenvalue weighted by Crippen LogP contribution is -2.68. The Labute approximate surface area is 177 Å². The molecule has 1 saturated carbocycles. The van der Waals surface area contributed by atoms with E-state index in [9.17, 15) is 9.59 Å². The minimum absolute atomic E-state index is 0.142. The fraction of sp³-hybridized carbons (Fsp3) is 0.696. The first-order valence-corrected chi connectivity index (χ1v) is 11.6. The van der Waals surface area contributed by atoms with E-state index in [4.69, 9.17) is 4.52 Å². The first-order valence-electron chi connectivity index (χ1n) is 11.6. The highest BCUT2D eigenvalue weighted by molar-refractivity contribution is 5.89. The number of carbonyl (C=O) groups excluding carboxylic acids is 2. The van der Waals surface area contributed by atoms with Crippen LogP contribution in [-0.4, -0.2) is 69.9 Å². The van der Waals surface area contributed by atoms with Crippen molar-refractivity contribution >= 4 is 11.8 Å². The lowest BCUT2D eigenvalue weighted by atomic mass is 9.71. The Bertz CT molecular complexity index is 868. The van der Waals surface area contributed by atoms with Gasteiger partial charge in [0.1, 0.15) is 11.8 Å². The van der Waals surface area contributed by atoms with Gasteiger partial charge in [0.25, 0.3) is 0 Å². The fourth-order valence-corrected chi connectivity index (χ4v) is 6.24. The Morgan fingerprint density at radius 2 is 1.93 bits per heavy atom. The second kappa shape index (κ2) is 7.22. The van der Waals surface area contributed by atoms with E-state index < -0.39 is 0 Å². The molecule has 160 valence electrons. The number of amides is 2. The Kier molecular flexibility index (Phi) is 4.48. The Morgan fingerprint density at radius 1 is 1.13 bits per heavy atom. The molecular formula is C23H30N4O3. The van der Waals surface area contributed by atoms with Gasteiger partial charge in [0.15, 0.2) is 0 Å². The summed E-state index contributed by atoms with van der Waals surface area (Å²) in [6.07, 6.45) is 10.1. The second-order valence-corrected chi connectivity index (χ2v) is 9.86. The molecule has 6 rings (SSSR count). The summed E-state index contributed by atoms with van der Waals surface area (Å²) in [6.45, 7) is 3.94. The highest BCUT2D eigenvalue weighted by atomic mass is 16.5. The molecule has 0 aromatic carbocycles. The van der Waals surface area contributed by atoms with Crippen LogP contribution in [-0.2, 0) is 16.1 Å². The van der Waals surface area contributed by atoms with Gasteiger partial charge in [-0.2, -0.15) is 0 Å². The van der Waals surface area contributed by atoms with Gasteiger partial charge in [-0.05, 0) is 38.0 Å². The molecule has 5 aliphatic rings. The molecule has 7 nitrogen and oxygen atoms in total. The van der Waals surface area contributed by atoms with Crippen molar-refractivity contribution < 1.29 is 14.1 Å². The molecule has 2 bridgehead atoms. The van der Waals surface area contributed by atoms with E-state index in [1.54, 1.807) is 0 Å². The van der Waals surface area contributed by atoms with Crippen LogP contribution < -0.4 is 0 Å². The fourth-order valence-electron chi connectivity index (χ4n) is 6.24. The smallest absolute Gasteiger partial charge is 0.246 e. The zero-order valence-electron chi connectivity index (χ0n) is 17.4. The van der Waals surface area contributed by atoms with Crippen molar-refractivity contribution in [3.05, 3.63) is 29.7 Å². The van der Waals surface area contributed by atoms with Crippen molar-refractivity contribution in [3.63, 3.8) is 0 Å². The van der Waals surface area contributed by atoms with Crippen LogP contribution >= 0.6 is 0 Å². The van der Waals surface area contributed by atoms with Gasteiger partial charge in [-0.1, -0.05) is 17.3 Å². The lowest BCUT2D eigenvalue weighted by molar-refractivity contribution is -0.164. The molecule has 7 heteroatoms. The molecule has 1 aromatic rings. The average Bonchev–Trinajstić information content (AvgIpc) is 3.23. The number of hydrogen-bond acceptors (Lipinski definition) is 5. The van der Waals surface area contributed by atoms with Crippen molar-refractivity contribution in [2.45, 2.75) is 63.1 Å². The zero-order valence-corrected chi connectivity index (χ0v) is 17.4. The number of hydrogen-bond donors (Lipinski definition) is 0. The van der Waals surface area contributed by atoms with Crippen LogP contribution in [0, 0.1) is 11.8 Å². The first kappa shape index (κ1) is 18.6. The molecular weight excluding hydrogens is 380 g/mol. The van der Waals surface area contributed by atoms with E-state index in [-0.39, 0.29) is 29.8 Å². The average molecular weight is 411 g/mol. The van der Waals surface area contributed by atoms with E-state index in [1.807, 2.05) is 22.0 Å². The van der Waals surface area contributed by atoms with Crippen LogP contribution in [0.3, 0.4) is 0 Å². The normalized spacial score (nSPS) is 33.8. The monoisotopic (exact) mass is 410 g/mol. The SMILES string of the molecule is O=C([C@H]1[C@@H]2C[C@@H](CN(Cc3cc(C4CC4)on3)C2)[C@@H]2CCCC(=O)N21)N1CC=CC1. The maximum Gasteiger partial charge on any atom is 0.246 e. The van der Waals surface area contributed by atoms with Crippen molar-refractivity contribution in [3.8, 4) is 0 Å². The summed E-state index contributed by atoms with van der Waals surface area (Å²) in [4.78, 5) is 32.8. The Balaban J connectivity index is 1.24. The van der Waals surface area contributed by atoms with E-state index in [1.165, 1.54) is 12.8 Å². The van der Waals surface area contributed by atoms with Crippen LogP contribution in [0.1, 0.15) is 55.9 Å². The molecule has 4 atom stereocenters. The Hall–Kier alpha value is -2.15. The molecule has 2 amide bonds. The van der Waals surface area contributed by atoms with E-state index in [2.05, 4.69) is 16.1 Å². The summed E-state index contributed by atoms with van der Waals surface area (Å²) in [5.41, 5.74) is 1.00. The van der Waals surface area contributed by atoms with Gasteiger partial charge in [0, 0.05) is 63.1 Å². The molecule has 5 heterocycles. The molecule has 1 aromatic heterocycles. The maximum atomic E-state index is 13.5. The van der Waals surface area contributed by atoms with Gasteiger partial charge in [-0.15, -0.1) is 0 Å². The van der Waals surface area contributed by atoms with Crippen LogP contribution in [0.25, 0.3) is 0 Å². The molecule has 1 aliphatic carbocycles. The second-order valence-electron chi connectivity index (χ2n) is 9.86. The van der Waals surface area contributed by atoms with Gasteiger partial charge in [-0.3, -0.25) is 14.5 Å². The van der Waals surface area contributed by atoms with Gasteiger partial charge in [0.05, 0.1) is 5.69 Å². The number of nitrogens with zero attached hydrogens (tertiary/aromatic N) is 4. The number of likely N-dealkylation sites (tertiary alicyclic amines) is 1.